The molecule has 0 fully saturated rings. The minimum atomic E-state index is -0.176. The minimum Gasteiger partial charge on any atom is -0.454 e. The second kappa shape index (κ2) is 6.10. The average Bonchev–Trinajstić information content (AvgIpc) is 3.04. The first-order valence-corrected chi connectivity index (χ1v) is 7.78. The summed E-state index contributed by atoms with van der Waals surface area (Å²) in [6.45, 7) is 0.395. The maximum atomic E-state index is 12.4. The highest BCUT2D eigenvalue weighted by molar-refractivity contribution is 6.07. The molecule has 2 heterocycles. The van der Waals surface area contributed by atoms with Crippen LogP contribution < -0.4 is 5.32 Å². The molecule has 2 aromatic carbocycles. The lowest BCUT2D eigenvalue weighted by atomic mass is 10.1. The highest BCUT2D eigenvalue weighted by atomic mass is 16.3. The van der Waals surface area contributed by atoms with Gasteiger partial charge in [0.15, 0.2) is 5.58 Å². The van der Waals surface area contributed by atoms with Gasteiger partial charge in [-0.25, -0.2) is 0 Å². The smallest absolute Gasteiger partial charge is 0.251 e. The first kappa shape index (κ1) is 14.9. The third kappa shape index (κ3) is 2.81. The SMILES string of the molecule is N#Cc1ccc(CNC(=O)c2ccc3c(c2)oc2cnccc23)cc1. The topological polar surface area (TPSA) is 78.9 Å². The molecule has 0 aliphatic heterocycles. The van der Waals surface area contributed by atoms with Crippen molar-refractivity contribution in [3.05, 3.63) is 77.6 Å². The summed E-state index contributed by atoms with van der Waals surface area (Å²) in [5.74, 6) is -0.176. The number of amides is 1. The summed E-state index contributed by atoms with van der Waals surface area (Å²) >= 11 is 0. The van der Waals surface area contributed by atoms with Crippen molar-refractivity contribution in [2.24, 2.45) is 0 Å². The number of furan rings is 1. The van der Waals surface area contributed by atoms with Crippen molar-refractivity contribution in [2.75, 3.05) is 0 Å². The molecule has 4 rings (SSSR count). The number of nitrogens with one attached hydrogen (secondary N) is 1. The van der Waals surface area contributed by atoms with Crippen molar-refractivity contribution in [3.63, 3.8) is 0 Å². The Balaban J connectivity index is 1.55. The third-order valence-corrected chi connectivity index (χ3v) is 4.07. The van der Waals surface area contributed by atoms with Gasteiger partial charge in [0.1, 0.15) is 5.58 Å². The van der Waals surface area contributed by atoms with E-state index in [0.29, 0.717) is 28.8 Å². The van der Waals surface area contributed by atoms with Crippen LogP contribution in [0.4, 0.5) is 0 Å². The molecule has 120 valence electrons. The first-order valence-electron chi connectivity index (χ1n) is 7.78. The first-order chi connectivity index (χ1) is 12.2. The Bertz CT molecular complexity index is 1120. The summed E-state index contributed by atoms with van der Waals surface area (Å²) in [5.41, 5.74) is 3.43. The van der Waals surface area contributed by atoms with Gasteiger partial charge in [0, 0.05) is 29.1 Å². The van der Waals surface area contributed by atoms with Gasteiger partial charge in [0.2, 0.25) is 0 Å². The highest BCUT2D eigenvalue weighted by Gasteiger charge is 2.11. The Kier molecular flexibility index (Phi) is 3.64. The van der Waals surface area contributed by atoms with Gasteiger partial charge < -0.3 is 9.73 Å². The van der Waals surface area contributed by atoms with Crippen LogP contribution in [0.5, 0.6) is 0 Å². The van der Waals surface area contributed by atoms with Gasteiger partial charge in [-0.1, -0.05) is 12.1 Å². The van der Waals surface area contributed by atoms with Crippen LogP contribution in [0.1, 0.15) is 21.5 Å². The van der Waals surface area contributed by atoms with Gasteiger partial charge in [-0.3, -0.25) is 9.78 Å². The van der Waals surface area contributed by atoms with E-state index >= 15 is 0 Å². The summed E-state index contributed by atoms with van der Waals surface area (Å²) in [4.78, 5) is 16.4. The molecule has 0 saturated carbocycles. The van der Waals surface area contributed by atoms with Crippen LogP contribution >= 0.6 is 0 Å². The number of pyridine rings is 1. The number of hydrogen-bond donors (Lipinski definition) is 1. The van der Waals surface area contributed by atoms with E-state index in [4.69, 9.17) is 9.68 Å². The molecule has 0 saturated heterocycles. The molecule has 0 radical (unpaired) electrons. The molecule has 0 unspecified atom stereocenters. The van der Waals surface area contributed by atoms with Crippen LogP contribution in [0.2, 0.25) is 0 Å². The van der Waals surface area contributed by atoms with Crippen molar-refractivity contribution in [2.45, 2.75) is 6.54 Å². The maximum Gasteiger partial charge on any atom is 0.251 e. The van der Waals surface area contributed by atoms with Crippen LogP contribution in [-0.4, -0.2) is 10.9 Å². The number of carbonyl (C=O) groups excluding carboxylic acids is 1. The highest BCUT2D eigenvalue weighted by Crippen LogP contribution is 2.28. The summed E-state index contributed by atoms with van der Waals surface area (Å²) < 4.78 is 5.76. The molecular weight excluding hydrogens is 314 g/mol. The quantitative estimate of drug-likeness (QED) is 0.621. The van der Waals surface area contributed by atoms with Gasteiger partial charge in [0.25, 0.3) is 5.91 Å². The molecule has 0 spiro atoms. The Morgan fingerprint density at radius 3 is 2.68 bits per heavy atom. The summed E-state index contributed by atoms with van der Waals surface area (Å²) in [7, 11) is 0. The van der Waals surface area contributed by atoms with E-state index in [2.05, 4.69) is 16.4 Å². The zero-order chi connectivity index (χ0) is 17.2. The number of aromatic nitrogens is 1. The van der Waals surface area contributed by atoms with Crippen LogP contribution in [0.25, 0.3) is 21.9 Å². The third-order valence-electron chi connectivity index (χ3n) is 4.07. The second-order valence-electron chi connectivity index (χ2n) is 5.68. The summed E-state index contributed by atoms with van der Waals surface area (Å²) in [6.07, 6.45) is 3.38. The van der Waals surface area contributed by atoms with Crippen LogP contribution in [-0.2, 0) is 6.54 Å². The molecule has 0 atom stereocenters. The predicted octanol–water partition coefficient (Wildman–Crippen LogP) is 3.78. The van der Waals surface area contributed by atoms with E-state index in [1.54, 1.807) is 36.7 Å². The van der Waals surface area contributed by atoms with E-state index in [-0.39, 0.29) is 5.91 Å². The standard InChI is InChI=1S/C20H13N3O2/c21-10-13-1-3-14(4-2-13)11-23-20(24)15-5-6-16-17-7-8-22-12-19(17)25-18(16)9-15/h1-9,12H,11H2,(H,23,24). The fraction of sp³-hybridized carbons (Fsp3) is 0.0500. The van der Waals surface area contributed by atoms with Crippen LogP contribution in [0.15, 0.2) is 65.3 Å². The van der Waals surface area contributed by atoms with Crippen LogP contribution in [0.3, 0.4) is 0 Å². The number of benzene rings is 2. The molecule has 1 amide bonds. The monoisotopic (exact) mass is 327 g/mol. The number of nitriles is 1. The second-order valence-corrected chi connectivity index (χ2v) is 5.68. The van der Waals surface area contributed by atoms with Crippen molar-refractivity contribution >= 4 is 27.8 Å². The lowest BCUT2D eigenvalue weighted by Gasteiger charge is -2.05. The van der Waals surface area contributed by atoms with E-state index in [9.17, 15) is 4.79 Å². The number of hydrogen-bond acceptors (Lipinski definition) is 4. The average molecular weight is 327 g/mol. The molecule has 0 aliphatic rings. The van der Waals surface area contributed by atoms with Crippen molar-refractivity contribution < 1.29 is 9.21 Å². The van der Waals surface area contributed by atoms with Gasteiger partial charge in [-0.15, -0.1) is 0 Å². The number of carbonyl (C=O) groups is 1. The number of nitrogens with zero attached hydrogens (tertiary/aromatic N) is 2. The lowest BCUT2D eigenvalue weighted by Crippen LogP contribution is -2.22. The molecule has 5 heteroatoms. The van der Waals surface area contributed by atoms with E-state index in [0.717, 1.165) is 16.3 Å². The number of rotatable bonds is 3. The summed E-state index contributed by atoms with van der Waals surface area (Å²) in [5, 5.41) is 13.6. The minimum absolute atomic E-state index is 0.176. The lowest BCUT2D eigenvalue weighted by molar-refractivity contribution is 0.0951. The molecule has 0 aliphatic carbocycles. The van der Waals surface area contributed by atoms with Crippen molar-refractivity contribution in [3.8, 4) is 6.07 Å². The summed E-state index contributed by atoms with van der Waals surface area (Å²) in [6, 6.07) is 16.5. The Morgan fingerprint density at radius 1 is 1.08 bits per heavy atom. The molecule has 2 aromatic heterocycles. The van der Waals surface area contributed by atoms with Gasteiger partial charge in [-0.2, -0.15) is 5.26 Å². The largest absolute Gasteiger partial charge is 0.454 e. The van der Waals surface area contributed by atoms with Gasteiger partial charge >= 0.3 is 0 Å². The van der Waals surface area contributed by atoms with Crippen LogP contribution in [0, 0.1) is 11.3 Å². The molecule has 1 N–H and O–H groups in total. The van der Waals surface area contributed by atoms with Crippen molar-refractivity contribution in [1.29, 1.82) is 5.26 Å². The molecule has 0 bridgehead atoms. The Morgan fingerprint density at radius 2 is 1.88 bits per heavy atom. The maximum absolute atomic E-state index is 12.4. The van der Waals surface area contributed by atoms with E-state index < -0.39 is 0 Å². The predicted molar refractivity (Wildman–Crippen MR) is 93.8 cm³/mol. The number of fused-ring (bicyclic) bond motifs is 3. The normalized spacial score (nSPS) is 10.7. The van der Waals surface area contributed by atoms with E-state index in [1.807, 2.05) is 24.3 Å². The van der Waals surface area contributed by atoms with Gasteiger partial charge in [0.05, 0.1) is 17.8 Å². The molecule has 4 aromatic rings. The fourth-order valence-corrected chi connectivity index (χ4v) is 2.75. The zero-order valence-electron chi connectivity index (χ0n) is 13.2. The Hall–Kier alpha value is -3.65. The molecule has 5 nitrogen and oxygen atoms in total. The molecular formula is C20H13N3O2. The fourth-order valence-electron chi connectivity index (χ4n) is 2.75. The Labute approximate surface area is 143 Å². The van der Waals surface area contributed by atoms with Crippen molar-refractivity contribution in [1.82, 2.24) is 10.3 Å². The van der Waals surface area contributed by atoms with E-state index in [1.165, 1.54) is 0 Å². The molecule has 25 heavy (non-hydrogen) atoms. The zero-order valence-corrected chi connectivity index (χ0v) is 13.2. The van der Waals surface area contributed by atoms with Gasteiger partial charge in [-0.05, 0) is 42.0 Å².